The number of benzene rings is 1. The van der Waals surface area contributed by atoms with E-state index in [1.807, 2.05) is 19.1 Å². The molecule has 0 radical (unpaired) electrons. The van der Waals surface area contributed by atoms with Crippen LogP contribution in [0.3, 0.4) is 0 Å². The van der Waals surface area contributed by atoms with Gasteiger partial charge < -0.3 is 9.47 Å². The van der Waals surface area contributed by atoms with Crippen molar-refractivity contribution in [3.05, 3.63) is 35.5 Å². The Morgan fingerprint density at radius 1 is 1.19 bits per heavy atom. The van der Waals surface area contributed by atoms with Gasteiger partial charge in [-0.05, 0) is 51.5 Å². The fourth-order valence-electron chi connectivity index (χ4n) is 2.10. The van der Waals surface area contributed by atoms with Crippen molar-refractivity contribution in [2.45, 2.75) is 33.3 Å². The Labute approximate surface area is 123 Å². The summed E-state index contributed by atoms with van der Waals surface area (Å²) in [6, 6.07) is 5.32. The molecular formula is C16H19NO4. The van der Waals surface area contributed by atoms with Gasteiger partial charge in [0.15, 0.2) is 0 Å². The Hall–Kier alpha value is -2.30. The lowest BCUT2D eigenvalue weighted by molar-refractivity contribution is 0.0541. The number of aryl methyl sites for hydroxylation is 1. The molecule has 0 spiro atoms. The minimum atomic E-state index is -0.580. The van der Waals surface area contributed by atoms with E-state index in [1.54, 1.807) is 33.0 Å². The number of fused-ring (bicyclic) bond motifs is 1. The first-order chi connectivity index (χ1) is 9.73. The van der Waals surface area contributed by atoms with Gasteiger partial charge in [0.1, 0.15) is 5.60 Å². The van der Waals surface area contributed by atoms with Crippen LogP contribution in [0.4, 0.5) is 4.79 Å². The summed E-state index contributed by atoms with van der Waals surface area (Å²) in [4.78, 5) is 24.0. The average molecular weight is 289 g/mol. The van der Waals surface area contributed by atoms with E-state index in [2.05, 4.69) is 0 Å². The van der Waals surface area contributed by atoms with E-state index in [0.29, 0.717) is 11.1 Å². The van der Waals surface area contributed by atoms with Crippen LogP contribution in [-0.4, -0.2) is 29.3 Å². The fraction of sp³-hybridized carbons (Fsp3) is 0.375. The number of carbonyl (C=O) groups excluding carboxylic acids is 2. The maximum absolute atomic E-state index is 12.2. The van der Waals surface area contributed by atoms with Gasteiger partial charge in [-0.3, -0.25) is 4.57 Å². The number of ether oxygens (including phenoxy) is 2. The first-order valence-electron chi connectivity index (χ1n) is 6.66. The molecule has 0 bridgehead atoms. The molecule has 0 saturated carbocycles. The molecule has 0 saturated heterocycles. The van der Waals surface area contributed by atoms with Crippen LogP contribution in [0.15, 0.2) is 24.4 Å². The van der Waals surface area contributed by atoms with Crippen LogP contribution in [0, 0.1) is 6.92 Å². The number of nitrogens with zero attached hydrogens (tertiary/aromatic N) is 1. The van der Waals surface area contributed by atoms with E-state index in [0.717, 1.165) is 10.9 Å². The highest BCUT2D eigenvalue weighted by Crippen LogP contribution is 2.23. The third-order valence-electron chi connectivity index (χ3n) is 3.03. The predicted molar refractivity (Wildman–Crippen MR) is 79.6 cm³/mol. The highest BCUT2D eigenvalue weighted by atomic mass is 16.6. The predicted octanol–water partition coefficient (Wildman–Crippen LogP) is 3.52. The molecule has 2 aromatic rings. The Kier molecular flexibility index (Phi) is 3.77. The molecule has 0 aliphatic heterocycles. The first-order valence-corrected chi connectivity index (χ1v) is 6.66. The van der Waals surface area contributed by atoms with Crippen LogP contribution < -0.4 is 0 Å². The van der Waals surface area contributed by atoms with E-state index >= 15 is 0 Å². The largest absolute Gasteiger partial charge is 0.465 e. The summed E-state index contributed by atoms with van der Waals surface area (Å²) in [6.45, 7) is 7.25. The van der Waals surface area contributed by atoms with Crippen molar-refractivity contribution in [3.63, 3.8) is 0 Å². The number of aromatic nitrogens is 1. The van der Waals surface area contributed by atoms with E-state index in [4.69, 9.17) is 9.47 Å². The summed E-state index contributed by atoms with van der Waals surface area (Å²) in [6.07, 6.45) is 1.16. The number of hydrogen-bond donors (Lipinski definition) is 0. The molecule has 1 aromatic carbocycles. The highest BCUT2D eigenvalue weighted by molar-refractivity contribution is 5.98. The minimum Gasteiger partial charge on any atom is -0.465 e. The number of rotatable bonds is 1. The molecule has 5 heteroatoms. The Morgan fingerprint density at radius 3 is 2.43 bits per heavy atom. The number of methoxy groups -OCH3 is 1. The van der Waals surface area contributed by atoms with Gasteiger partial charge in [0, 0.05) is 11.6 Å². The third kappa shape index (κ3) is 3.07. The SMILES string of the molecule is COC(=O)c1cc2c(ccn2C(=O)OC(C)(C)C)cc1C. The molecule has 21 heavy (non-hydrogen) atoms. The Morgan fingerprint density at radius 2 is 1.86 bits per heavy atom. The fourth-order valence-corrected chi connectivity index (χ4v) is 2.10. The van der Waals surface area contributed by atoms with Gasteiger partial charge >= 0.3 is 12.1 Å². The zero-order valence-corrected chi connectivity index (χ0v) is 12.9. The van der Waals surface area contributed by atoms with Crippen LogP contribution >= 0.6 is 0 Å². The van der Waals surface area contributed by atoms with Crippen molar-refractivity contribution in [2.75, 3.05) is 7.11 Å². The topological polar surface area (TPSA) is 57.5 Å². The summed E-state index contributed by atoms with van der Waals surface area (Å²) < 4.78 is 11.5. The lowest BCUT2D eigenvalue weighted by Crippen LogP contribution is -2.26. The summed E-state index contributed by atoms with van der Waals surface area (Å²) >= 11 is 0. The second-order valence-corrected chi connectivity index (χ2v) is 5.88. The monoisotopic (exact) mass is 289 g/mol. The molecule has 0 amide bonds. The van der Waals surface area contributed by atoms with Crippen LogP contribution in [0.25, 0.3) is 10.9 Å². The van der Waals surface area contributed by atoms with Crippen molar-refractivity contribution >= 4 is 23.0 Å². The Balaban J connectivity index is 2.52. The number of esters is 1. The number of hydrogen-bond acceptors (Lipinski definition) is 4. The van der Waals surface area contributed by atoms with E-state index in [9.17, 15) is 9.59 Å². The summed E-state index contributed by atoms with van der Waals surface area (Å²) in [5.41, 5.74) is 1.28. The summed E-state index contributed by atoms with van der Waals surface area (Å²) in [5, 5.41) is 0.867. The smallest absolute Gasteiger partial charge is 0.418 e. The second kappa shape index (κ2) is 5.24. The normalized spacial score (nSPS) is 11.5. The molecule has 112 valence electrons. The average Bonchev–Trinajstić information content (AvgIpc) is 2.77. The lowest BCUT2D eigenvalue weighted by atomic mass is 10.1. The molecule has 5 nitrogen and oxygen atoms in total. The summed E-state index contributed by atoms with van der Waals surface area (Å²) in [5.74, 6) is -0.425. The number of carbonyl (C=O) groups is 2. The third-order valence-corrected chi connectivity index (χ3v) is 3.03. The second-order valence-electron chi connectivity index (χ2n) is 5.88. The van der Waals surface area contributed by atoms with Gasteiger partial charge in [-0.2, -0.15) is 0 Å². The molecule has 1 aromatic heterocycles. The molecular weight excluding hydrogens is 270 g/mol. The van der Waals surface area contributed by atoms with Crippen molar-refractivity contribution < 1.29 is 19.1 Å². The molecule has 0 atom stereocenters. The van der Waals surface area contributed by atoms with Gasteiger partial charge in [0.2, 0.25) is 0 Å². The van der Waals surface area contributed by atoms with E-state index < -0.39 is 17.7 Å². The molecule has 2 rings (SSSR count). The molecule has 1 heterocycles. The van der Waals surface area contributed by atoms with Gasteiger partial charge in [0.25, 0.3) is 0 Å². The van der Waals surface area contributed by atoms with Crippen molar-refractivity contribution in [2.24, 2.45) is 0 Å². The van der Waals surface area contributed by atoms with Crippen LogP contribution in [0.2, 0.25) is 0 Å². The van der Waals surface area contributed by atoms with Crippen LogP contribution in [0.1, 0.15) is 36.7 Å². The zero-order chi connectivity index (χ0) is 15.8. The zero-order valence-electron chi connectivity index (χ0n) is 12.9. The van der Waals surface area contributed by atoms with Crippen LogP contribution in [-0.2, 0) is 9.47 Å². The summed E-state index contributed by atoms with van der Waals surface area (Å²) in [7, 11) is 1.33. The van der Waals surface area contributed by atoms with Gasteiger partial charge in [0.05, 0.1) is 18.2 Å². The van der Waals surface area contributed by atoms with Crippen molar-refractivity contribution in [3.8, 4) is 0 Å². The highest BCUT2D eigenvalue weighted by Gasteiger charge is 2.20. The van der Waals surface area contributed by atoms with E-state index in [1.165, 1.54) is 11.7 Å². The van der Waals surface area contributed by atoms with Crippen molar-refractivity contribution in [1.29, 1.82) is 0 Å². The molecule has 0 aliphatic rings. The molecule has 0 fully saturated rings. The van der Waals surface area contributed by atoms with Gasteiger partial charge in [-0.1, -0.05) is 0 Å². The van der Waals surface area contributed by atoms with Crippen molar-refractivity contribution in [1.82, 2.24) is 4.57 Å². The maximum atomic E-state index is 12.2. The maximum Gasteiger partial charge on any atom is 0.418 e. The molecule has 0 unspecified atom stereocenters. The Bertz CT molecular complexity index is 707. The minimum absolute atomic E-state index is 0.425. The van der Waals surface area contributed by atoms with Gasteiger partial charge in [-0.25, -0.2) is 9.59 Å². The molecule has 0 N–H and O–H groups in total. The first kappa shape index (κ1) is 15.1. The van der Waals surface area contributed by atoms with Crippen LogP contribution in [0.5, 0.6) is 0 Å². The molecule has 0 aliphatic carbocycles. The van der Waals surface area contributed by atoms with E-state index in [-0.39, 0.29) is 0 Å². The standard InChI is InChI=1S/C16H19NO4/c1-10-8-11-6-7-17(15(19)21-16(2,3)4)13(11)9-12(10)14(18)20-5/h6-9H,1-5H3. The quantitative estimate of drug-likeness (QED) is 0.754. The van der Waals surface area contributed by atoms with Gasteiger partial charge in [-0.15, -0.1) is 0 Å². The lowest BCUT2D eigenvalue weighted by Gasteiger charge is -2.19.